The number of aryl methyl sites for hydroxylation is 1. The number of hydrogen-bond acceptors (Lipinski definition) is 9. The van der Waals surface area contributed by atoms with Crippen LogP contribution in [0, 0.1) is 12.8 Å². The summed E-state index contributed by atoms with van der Waals surface area (Å²) in [5, 5.41) is -0.336. The van der Waals surface area contributed by atoms with E-state index in [1.54, 1.807) is 18.3 Å². The molecule has 1 unspecified atom stereocenters. The van der Waals surface area contributed by atoms with E-state index < -0.39 is 15.9 Å². The van der Waals surface area contributed by atoms with Gasteiger partial charge in [0.2, 0.25) is 5.88 Å². The molecule has 11 heteroatoms. The highest BCUT2D eigenvalue weighted by Gasteiger charge is 2.41. The van der Waals surface area contributed by atoms with Crippen LogP contribution in [-0.4, -0.2) is 47.5 Å². The van der Waals surface area contributed by atoms with E-state index in [1.807, 2.05) is 26.8 Å². The Morgan fingerprint density at radius 2 is 1.95 bits per heavy atom. The molecule has 4 heterocycles. The van der Waals surface area contributed by atoms with Crippen LogP contribution >= 0.6 is 0 Å². The smallest absolute Gasteiger partial charge is 0.281 e. The molecule has 4 rings (SSSR count). The first kappa shape index (κ1) is 27.3. The van der Waals surface area contributed by atoms with E-state index in [0.717, 1.165) is 17.5 Å². The minimum absolute atomic E-state index is 0.00605. The largest absolute Gasteiger partial charge is 0.475 e. The number of nitrogens with zero attached hydrogens (tertiary/aromatic N) is 4. The molecular weight excluding hydrogens is 504 g/mol. The van der Waals surface area contributed by atoms with Gasteiger partial charge in [0.1, 0.15) is 11.6 Å². The van der Waals surface area contributed by atoms with Crippen molar-refractivity contribution in [3.8, 4) is 17.1 Å². The summed E-state index contributed by atoms with van der Waals surface area (Å²) in [5.41, 5.74) is 7.80. The third-order valence-corrected chi connectivity index (χ3v) is 8.26. The molecule has 3 aromatic rings. The van der Waals surface area contributed by atoms with Crippen LogP contribution in [0.4, 0.5) is 11.6 Å². The molecule has 1 fully saturated rings. The average molecular weight is 539 g/mol. The molecule has 3 N–H and O–H groups in total. The predicted molar refractivity (Wildman–Crippen MR) is 146 cm³/mol. The van der Waals surface area contributed by atoms with E-state index in [1.165, 1.54) is 18.2 Å². The molecule has 0 aliphatic carbocycles. The number of nitrogen functional groups attached to an aromatic ring is 1. The number of sulfonamides is 1. The average Bonchev–Trinajstić information content (AvgIpc) is 3.10. The number of pyridine rings is 3. The van der Waals surface area contributed by atoms with Crippen molar-refractivity contribution in [3.63, 3.8) is 0 Å². The van der Waals surface area contributed by atoms with Gasteiger partial charge in [0.15, 0.2) is 5.03 Å². The first-order valence-corrected chi connectivity index (χ1v) is 14.0. The number of anilines is 2. The summed E-state index contributed by atoms with van der Waals surface area (Å²) in [7, 11) is -4.25. The van der Waals surface area contributed by atoms with Crippen LogP contribution in [0.25, 0.3) is 11.3 Å². The maximum Gasteiger partial charge on any atom is 0.281 e. The summed E-state index contributed by atoms with van der Waals surface area (Å²) in [4.78, 5) is 28.6. The maximum atomic E-state index is 13.4. The molecule has 10 nitrogen and oxygen atoms in total. The predicted octanol–water partition coefficient (Wildman–Crippen LogP) is 3.96. The standard InChI is InChI=1S/C27H34N6O4S/c1-16(2)37-23-14-17(3)20(15-29-23)21-11-10-19(25(30-21)33-13-12-18(4)27(33,5)6)26(34)32-38(35,36)24-9-7-8-22(28)31-24/h7-11,14-16,18H,12-13H2,1-6H3,(H2,28,31)(H,32,34). The number of nitrogens with one attached hydrogen (secondary N) is 1. The molecule has 1 amide bonds. The fourth-order valence-electron chi connectivity index (χ4n) is 4.50. The van der Waals surface area contributed by atoms with Gasteiger partial charge in [0, 0.05) is 29.9 Å². The van der Waals surface area contributed by atoms with Gasteiger partial charge in [-0.3, -0.25) is 4.79 Å². The Morgan fingerprint density at radius 3 is 2.55 bits per heavy atom. The zero-order valence-electron chi connectivity index (χ0n) is 22.5. The summed E-state index contributed by atoms with van der Waals surface area (Å²) < 4.78 is 33.7. The summed E-state index contributed by atoms with van der Waals surface area (Å²) in [6.45, 7) is 12.8. The van der Waals surface area contributed by atoms with Gasteiger partial charge in [-0.15, -0.1) is 0 Å². The Labute approximate surface area is 223 Å². The van der Waals surface area contributed by atoms with E-state index in [2.05, 4.69) is 40.4 Å². The van der Waals surface area contributed by atoms with Gasteiger partial charge < -0.3 is 15.4 Å². The lowest BCUT2D eigenvalue weighted by molar-refractivity contribution is 0.0981. The molecule has 1 atom stereocenters. The number of carbonyl (C=O) groups excluding carboxylic acids is 1. The number of nitrogens with two attached hydrogens (primary N) is 1. The molecule has 0 saturated carbocycles. The van der Waals surface area contributed by atoms with Gasteiger partial charge in [-0.2, -0.15) is 8.42 Å². The second kappa shape index (κ2) is 10.2. The van der Waals surface area contributed by atoms with E-state index in [0.29, 0.717) is 29.9 Å². The third-order valence-electron chi connectivity index (χ3n) is 7.03. The van der Waals surface area contributed by atoms with E-state index in [-0.39, 0.29) is 28.1 Å². The van der Waals surface area contributed by atoms with Gasteiger partial charge in [0.25, 0.3) is 15.9 Å². The topological polar surface area (TPSA) is 140 Å². The van der Waals surface area contributed by atoms with Gasteiger partial charge >= 0.3 is 0 Å². The van der Waals surface area contributed by atoms with Crippen molar-refractivity contribution in [2.45, 2.75) is 64.6 Å². The van der Waals surface area contributed by atoms with E-state index >= 15 is 0 Å². The van der Waals surface area contributed by atoms with Crippen molar-refractivity contribution < 1.29 is 17.9 Å². The Morgan fingerprint density at radius 1 is 1.21 bits per heavy atom. The number of aromatic nitrogens is 3. The molecule has 3 aromatic heterocycles. The van der Waals surface area contributed by atoms with E-state index in [4.69, 9.17) is 15.5 Å². The number of rotatable bonds is 7. The number of amides is 1. The SMILES string of the molecule is Cc1cc(OC(C)C)ncc1-c1ccc(C(=O)NS(=O)(=O)c2cccc(N)n2)c(N2CCC(C)C2(C)C)n1. The zero-order valence-corrected chi connectivity index (χ0v) is 23.3. The Hall–Kier alpha value is -3.73. The van der Waals surface area contributed by atoms with Gasteiger partial charge in [-0.05, 0) is 76.8 Å². The molecule has 0 aromatic carbocycles. The normalized spacial score (nSPS) is 17.0. The zero-order chi connectivity index (χ0) is 27.8. The van der Waals surface area contributed by atoms with Gasteiger partial charge in [-0.25, -0.2) is 19.7 Å². The lowest BCUT2D eigenvalue weighted by Crippen LogP contribution is -2.43. The van der Waals surface area contributed by atoms with Crippen molar-refractivity contribution in [1.29, 1.82) is 0 Å². The lowest BCUT2D eigenvalue weighted by Gasteiger charge is -2.36. The second-order valence-corrected chi connectivity index (χ2v) is 12.0. The molecule has 202 valence electrons. The van der Waals surface area contributed by atoms with Crippen LogP contribution in [-0.2, 0) is 10.0 Å². The first-order chi connectivity index (χ1) is 17.8. The third kappa shape index (κ3) is 5.42. The first-order valence-electron chi connectivity index (χ1n) is 12.5. The summed E-state index contributed by atoms with van der Waals surface area (Å²) in [5.74, 6) is 0.502. The minimum atomic E-state index is -4.25. The highest BCUT2D eigenvalue weighted by Crippen LogP contribution is 2.39. The van der Waals surface area contributed by atoms with Crippen LogP contribution in [0.1, 0.15) is 57.0 Å². The molecular formula is C27H34N6O4S. The molecule has 1 aliphatic heterocycles. The highest BCUT2D eigenvalue weighted by atomic mass is 32.2. The van der Waals surface area contributed by atoms with Crippen molar-refractivity contribution in [2.24, 2.45) is 5.92 Å². The van der Waals surface area contributed by atoms with Crippen LogP contribution in [0.15, 0.2) is 47.6 Å². The Kier molecular flexibility index (Phi) is 7.33. The van der Waals surface area contributed by atoms with Crippen LogP contribution in [0.2, 0.25) is 0 Å². The summed E-state index contributed by atoms with van der Waals surface area (Å²) >= 11 is 0. The molecule has 0 bridgehead atoms. The molecule has 38 heavy (non-hydrogen) atoms. The second-order valence-electron chi connectivity index (χ2n) is 10.4. The highest BCUT2D eigenvalue weighted by molar-refractivity contribution is 7.90. The van der Waals surface area contributed by atoms with Crippen molar-refractivity contribution >= 4 is 27.6 Å². The quantitative estimate of drug-likeness (QED) is 0.457. The monoisotopic (exact) mass is 538 g/mol. The fraction of sp³-hybridized carbons (Fsp3) is 0.407. The lowest BCUT2D eigenvalue weighted by atomic mass is 9.90. The summed E-state index contributed by atoms with van der Waals surface area (Å²) in [6.07, 6.45) is 2.60. The van der Waals surface area contributed by atoms with Crippen molar-refractivity contribution in [1.82, 2.24) is 19.7 Å². The van der Waals surface area contributed by atoms with Gasteiger partial charge in [-0.1, -0.05) is 13.0 Å². The fourth-order valence-corrected chi connectivity index (χ4v) is 5.45. The molecule has 0 radical (unpaired) electrons. The van der Waals surface area contributed by atoms with Crippen LogP contribution in [0.3, 0.4) is 0 Å². The van der Waals surface area contributed by atoms with Crippen molar-refractivity contribution in [2.75, 3.05) is 17.2 Å². The Bertz CT molecular complexity index is 1470. The molecule has 1 saturated heterocycles. The van der Waals surface area contributed by atoms with E-state index in [9.17, 15) is 13.2 Å². The van der Waals surface area contributed by atoms with Crippen LogP contribution in [0.5, 0.6) is 5.88 Å². The van der Waals surface area contributed by atoms with Crippen molar-refractivity contribution in [3.05, 3.63) is 53.7 Å². The Balaban J connectivity index is 1.77. The molecule has 0 spiro atoms. The number of hydrogen-bond donors (Lipinski definition) is 2. The molecule has 1 aliphatic rings. The van der Waals surface area contributed by atoms with Crippen LogP contribution < -0.4 is 20.1 Å². The minimum Gasteiger partial charge on any atom is -0.475 e. The van der Waals surface area contributed by atoms with Gasteiger partial charge in [0.05, 0.1) is 17.4 Å². The number of carbonyl (C=O) groups is 1. The maximum absolute atomic E-state index is 13.4. The number of ether oxygens (including phenoxy) is 1. The summed E-state index contributed by atoms with van der Waals surface area (Å²) in [6, 6.07) is 9.36.